The Hall–Kier alpha value is -2.52. The average molecular weight is 343 g/mol. The summed E-state index contributed by atoms with van der Waals surface area (Å²) in [5, 5.41) is 16.4. The van der Waals surface area contributed by atoms with Crippen molar-refractivity contribution in [2.24, 2.45) is 0 Å². The zero-order chi connectivity index (χ0) is 15.5. The van der Waals surface area contributed by atoms with Gasteiger partial charge in [0, 0.05) is 28.9 Å². The van der Waals surface area contributed by atoms with Crippen molar-refractivity contribution in [3.05, 3.63) is 47.2 Å². The molecule has 0 spiro atoms. The lowest BCUT2D eigenvalue weighted by atomic mass is 10.3. The monoisotopic (exact) mass is 343 g/mol. The summed E-state index contributed by atoms with van der Waals surface area (Å²) in [5.41, 5.74) is 1.78. The lowest BCUT2D eigenvalue weighted by Crippen LogP contribution is -1.81. The van der Waals surface area contributed by atoms with Crippen molar-refractivity contribution in [2.75, 3.05) is 0 Å². The molecule has 4 heterocycles. The van der Waals surface area contributed by atoms with Crippen molar-refractivity contribution in [3.8, 4) is 22.8 Å². The number of hydrogen-bond donors (Lipinski definition) is 0. The standard InChI is InChI=1S/C14H9N5O2S2/c1-4-15-5-2-9(1)13-17-18-14(20-13)23-8-11-16-12(19-21-11)10-3-6-22-7-10/h1-7H,8H2. The molecule has 4 aromatic heterocycles. The summed E-state index contributed by atoms with van der Waals surface area (Å²) in [6, 6.07) is 5.58. The molecule has 0 radical (unpaired) electrons. The lowest BCUT2D eigenvalue weighted by Gasteiger charge is -1.92. The van der Waals surface area contributed by atoms with Crippen LogP contribution in [0.15, 0.2) is 55.5 Å². The van der Waals surface area contributed by atoms with Crippen LogP contribution in [-0.4, -0.2) is 25.3 Å². The molecule has 0 bridgehead atoms. The summed E-state index contributed by atoms with van der Waals surface area (Å²) in [5.74, 6) is 2.03. The number of pyridine rings is 1. The van der Waals surface area contributed by atoms with E-state index in [1.54, 1.807) is 23.7 Å². The average Bonchev–Trinajstić information content (AvgIpc) is 3.33. The fraction of sp³-hybridized carbons (Fsp3) is 0.0714. The molecular formula is C14H9N5O2S2. The summed E-state index contributed by atoms with van der Waals surface area (Å²) in [4.78, 5) is 8.30. The zero-order valence-corrected chi connectivity index (χ0v) is 13.3. The van der Waals surface area contributed by atoms with Crippen molar-refractivity contribution in [1.82, 2.24) is 25.3 Å². The third-order valence-corrected chi connectivity index (χ3v) is 4.39. The minimum absolute atomic E-state index is 0.451. The molecular weight excluding hydrogens is 334 g/mol. The van der Waals surface area contributed by atoms with E-state index in [-0.39, 0.29) is 0 Å². The minimum atomic E-state index is 0.451. The van der Waals surface area contributed by atoms with Crippen molar-refractivity contribution in [1.29, 1.82) is 0 Å². The van der Waals surface area contributed by atoms with Crippen LogP contribution in [-0.2, 0) is 5.75 Å². The summed E-state index contributed by atoms with van der Waals surface area (Å²) in [6.07, 6.45) is 3.35. The van der Waals surface area contributed by atoms with Gasteiger partial charge in [-0.1, -0.05) is 16.9 Å². The summed E-state index contributed by atoms with van der Waals surface area (Å²) >= 11 is 2.94. The third-order valence-electron chi connectivity index (χ3n) is 2.90. The fourth-order valence-corrected chi connectivity index (χ4v) is 3.06. The van der Waals surface area contributed by atoms with E-state index in [1.165, 1.54) is 11.8 Å². The predicted octanol–water partition coefficient (Wildman–Crippen LogP) is 3.54. The molecule has 4 rings (SSSR count). The van der Waals surface area contributed by atoms with Gasteiger partial charge in [-0.15, -0.1) is 10.2 Å². The van der Waals surface area contributed by atoms with Crippen LogP contribution in [0.2, 0.25) is 0 Å². The first-order valence-electron chi connectivity index (χ1n) is 6.60. The normalized spacial score (nSPS) is 11.0. The maximum atomic E-state index is 5.60. The molecule has 7 nitrogen and oxygen atoms in total. The zero-order valence-electron chi connectivity index (χ0n) is 11.6. The molecule has 0 aliphatic rings. The lowest BCUT2D eigenvalue weighted by molar-refractivity contribution is 0.391. The number of nitrogens with zero attached hydrogens (tertiary/aromatic N) is 5. The van der Waals surface area contributed by atoms with Gasteiger partial charge in [-0.3, -0.25) is 4.98 Å². The Labute approximate surface area is 138 Å². The number of aromatic nitrogens is 5. The van der Waals surface area contributed by atoms with Gasteiger partial charge in [-0.25, -0.2) is 0 Å². The van der Waals surface area contributed by atoms with Crippen LogP contribution < -0.4 is 0 Å². The topological polar surface area (TPSA) is 90.7 Å². The summed E-state index contributed by atoms with van der Waals surface area (Å²) < 4.78 is 10.8. The number of thiophene rings is 1. The number of rotatable bonds is 5. The molecule has 0 aliphatic carbocycles. The quantitative estimate of drug-likeness (QED) is 0.508. The van der Waals surface area contributed by atoms with E-state index in [4.69, 9.17) is 8.94 Å². The van der Waals surface area contributed by atoms with E-state index in [9.17, 15) is 0 Å². The Kier molecular flexibility index (Phi) is 3.86. The number of thioether (sulfide) groups is 1. The molecule has 0 N–H and O–H groups in total. The SMILES string of the molecule is c1cc(-c2nnc(SCc3nc(-c4ccsc4)no3)o2)ccn1. The van der Waals surface area contributed by atoms with Crippen LogP contribution >= 0.6 is 23.1 Å². The Morgan fingerprint density at radius 3 is 2.83 bits per heavy atom. The molecule has 0 saturated heterocycles. The molecule has 0 aliphatic heterocycles. The minimum Gasteiger partial charge on any atom is -0.411 e. The molecule has 0 amide bonds. The Balaban J connectivity index is 1.43. The van der Waals surface area contributed by atoms with Gasteiger partial charge in [0.15, 0.2) is 0 Å². The molecule has 4 aromatic rings. The molecule has 0 unspecified atom stereocenters. The van der Waals surface area contributed by atoms with Gasteiger partial charge in [0.05, 0.1) is 5.75 Å². The number of hydrogen-bond acceptors (Lipinski definition) is 9. The maximum Gasteiger partial charge on any atom is 0.277 e. The van der Waals surface area contributed by atoms with Crippen LogP contribution in [0.25, 0.3) is 22.8 Å². The van der Waals surface area contributed by atoms with Crippen LogP contribution in [0, 0.1) is 0 Å². The first-order chi connectivity index (χ1) is 11.4. The van der Waals surface area contributed by atoms with Crippen LogP contribution in [0.4, 0.5) is 0 Å². The van der Waals surface area contributed by atoms with E-state index < -0.39 is 0 Å². The second kappa shape index (κ2) is 6.31. The predicted molar refractivity (Wildman–Crippen MR) is 84.7 cm³/mol. The Morgan fingerprint density at radius 2 is 2.00 bits per heavy atom. The first kappa shape index (κ1) is 14.1. The van der Waals surface area contributed by atoms with Crippen molar-refractivity contribution >= 4 is 23.1 Å². The second-order valence-corrected chi connectivity index (χ2v) is 6.13. The highest BCUT2D eigenvalue weighted by molar-refractivity contribution is 7.98. The third kappa shape index (κ3) is 3.15. The summed E-state index contributed by atoms with van der Waals surface area (Å²) in [7, 11) is 0. The van der Waals surface area contributed by atoms with Gasteiger partial charge < -0.3 is 8.94 Å². The fourth-order valence-electron chi connectivity index (χ4n) is 1.83. The van der Waals surface area contributed by atoms with E-state index in [0.717, 1.165) is 11.1 Å². The molecule has 0 fully saturated rings. The molecule has 0 atom stereocenters. The molecule has 0 aromatic carbocycles. The van der Waals surface area contributed by atoms with Crippen LogP contribution in [0.5, 0.6) is 0 Å². The van der Waals surface area contributed by atoms with Gasteiger partial charge in [0.2, 0.25) is 17.6 Å². The maximum absolute atomic E-state index is 5.60. The first-order valence-corrected chi connectivity index (χ1v) is 8.53. The van der Waals surface area contributed by atoms with Gasteiger partial charge in [-0.05, 0) is 23.6 Å². The second-order valence-electron chi connectivity index (χ2n) is 4.42. The van der Waals surface area contributed by atoms with Gasteiger partial charge >= 0.3 is 0 Å². The highest BCUT2D eigenvalue weighted by Crippen LogP contribution is 2.26. The summed E-state index contributed by atoms with van der Waals surface area (Å²) in [6.45, 7) is 0. The van der Waals surface area contributed by atoms with Crippen molar-refractivity contribution < 1.29 is 8.94 Å². The highest BCUT2D eigenvalue weighted by Gasteiger charge is 2.13. The van der Waals surface area contributed by atoms with E-state index >= 15 is 0 Å². The molecule has 114 valence electrons. The van der Waals surface area contributed by atoms with Gasteiger partial charge in [-0.2, -0.15) is 16.3 Å². The van der Waals surface area contributed by atoms with Crippen LogP contribution in [0.3, 0.4) is 0 Å². The largest absolute Gasteiger partial charge is 0.411 e. The van der Waals surface area contributed by atoms with Crippen LogP contribution in [0.1, 0.15) is 5.89 Å². The van der Waals surface area contributed by atoms with E-state index in [0.29, 0.717) is 28.6 Å². The highest BCUT2D eigenvalue weighted by atomic mass is 32.2. The molecule has 0 saturated carbocycles. The Bertz CT molecular complexity index is 889. The van der Waals surface area contributed by atoms with Crippen molar-refractivity contribution in [2.45, 2.75) is 11.0 Å². The van der Waals surface area contributed by atoms with Gasteiger partial charge in [0.25, 0.3) is 5.22 Å². The smallest absolute Gasteiger partial charge is 0.277 e. The van der Waals surface area contributed by atoms with E-state index in [2.05, 4.69) is 25.3 Å². The van der Waals surface area contributed by atoms with Crippen molar-refractivity contribution in [3.63, 3.8) is 0 Å². The van der Waals surface area contributed by atoms with E-state index in [1.807, 2.05) is 29.0 Å². The van der Waals surface area contributed by atoms with Gasteiger partial charge in [0.1, 0.15) is 0 Å². The Morgan fingerprint density at radius 1 is 1.09 bits per heavy atom. The molecule has 23 heavy (non-hydrogen) atoms. The molecule has 9 heteroatoms.